The first-order valence-corrected chi connectivity index (χ1v) is 6.24. The summed E-state index contributed by atoms with van der Waals surface area (Å²) in [5.41, 5.74) is 2.92. The predicted molar refractivity (Wildman–Crippen MR) is 72.9 cm³/mol. The summed E-state index contributed by atoms with van der Waals surface area (Å²) in [5.74, 6) is -0.227. The molecule has 1 aromatic heterocycles. The summed E-state index contributed by atoms with van der Waals surface area (Å²) < 4.78 is 4.89. The van der Waals surface area contributed by atoms with Crippen molar-refractivity contribution >= 4 is 11.7 Å². The van der Waals surface area contributed by atoms with Gasteiger partial charge in [-0.25, -0.2) is 0 Å². The minimum absolute atomic E-state index is 0.227. The summed E-state index contributed by atoms with van der Waals surface area (Å²) >= 11 is 0. The molecule has 1 aromatic rings. The number of nitriles is 1. The molecular weight excluding hydrogens is 242 g/mol. The quantitative estimate of drug-likeness (QED) is 0.758. The van der Waals surface area contributed by atoms with Crippen LogP contribution in [0.1, 0.15) is 30.3 Å². The fourth-order valence-corrected chi connectivity index (χ4v) is 1.86. The molecule has 0 fully saturated rings. The molecule has 0 saturated carbocycles. The largest absolute Gasteiger partial charge is 0.466 e. The minimum atomic E-state index is -0.227. The first kappa shape index (κ1) is 15.0. The van der Waals surface area contributed by atoms with Crippen molar-refractivity contribution in [2.45, 2.75) is 27.2 Å². The van der Waals surface area contributed by atoms with Crippen LogP contribution in [-0.2, 0) is 9.53 Å². The second-order valence-corrected chi connectivity index (χ2v) is 4.33. The third kappa shape index (κ3) is 3.95. The van der Waals surface area contributed by atoms with Gasteiger partial charge in [-0.3, -0.25) is 9.78 Å². The molecule has 102 valence electrons. The monoisotopic (exact) mass is 261 g/mol. The van der Waals surface area contributed by atoms with Crippen LogP contribution < -0.4 is 4.90 Å². The molecule has 19 heavy (non-hydrogen) atoms. The van der Waals surface area contributed by atoms with Gasteiger partial charge in [-0.05, 0) is 26.8 Å². The van der Waals surface area contributed by atoms with Gasteiger partial charge in [-0.1, -0.05) is 0 Å². The number of hydrogen-bond acceptors (Lipinski definition) is 5. The number of carbonyl (C=O) groups is 1. The lowest BCUT2D eigenvalue weighted by Gasteiger charge is -2.21. The number of esters is 1. The van der Waals surface area contributed by atoms with Gasteiger partial charge in [0.2, 0.25) is 0 Å². The zero-order valence-electron chi connectivity index (χ0n) is 11.9. The molecule has 0 amide bonds. The molecule has 0 aromatic carbocycles. The highest BCUT2D eigenvalue weighted by atomic mass is 16.5. The van der Waals surface area contributed by atoms with Crippen LogP contribution in [0.5, 0.6) is 0 Å². The molecule has 0 saturated heterocycles. The van der Waals surface area contributed by atoms with Gasteiger partial charge in [0.15, 0.2) is 0 Å². The number of nitrogens with zero attached hydrogens (tertiary/aromatic N) is 3. The van der Waals surface area contributed by atoms with Gasteiger partial charge in [0.1, 0.15) is 6.07 Å². The number of aryl methyl sites for hydroxylation is 2. The molecule has 1 rings (SSSR count). The molecule has 1 heterocycles. The van der Waals surface area contributed by atoms with Crippen LogP contribution in [0.3, 0.4) is 0 Å². The van der Waals surface area contributed by atoms with Gasteiger partial charge in [-0.15, -0.1) is 0 Å². The van der Waals surface area contributed by atoms with E-state index in [4.69, 9.17) is 4.74 Å². The number of anilines is 1. The lowest BCUT2D eigenvalue weighted by molar-refractivity contribution is -0.142. The van der Waals surface area contributed by atoms with Crippen molar-refractivity contribution in [2.24, 2.45) is 0 Å². The number of rotatable bonds is 5. The van der Waals surface area contributed by atoms with E-state index >= 15 is 0 Å². The summed E-state index contributed by atoms with van der Waals surface area (Å²) in [6.07, 6.45) is 0.301. The summed E-state index contributed by atoms with van der Waals surface area (Å²) in [7, 11) is 1.86. The molecule has 0 aliphatic rings. The topological polar surface area (TPSA) is 66.2 Å². The van der Waals surface area contributed by atoms with E-state index in [9.17, 15) is 10.1 Å². The number of aromatic nitrogens is 1. The normalized spacial score (nSPS) is 9.84. The van der Waals surface area contributed by atoms with Crippen LogP contribution in [0.2, 0.25) is 0 Å². The third-order valence-electron chi connectivity index (χ3n) is 2.79. The highest BCUT2D eigenvalue weighted by molar-refractivity contribution is 5.70. The SMILES string of the molecule is CCOC(=O)CCN(C)c1cc(C)nc(C)c1C#N. The molecule has 0 aliphatic carbocycles. The van der Waals surface area contributed by atoms with Gasteiger partial charge >= 0.3 is 5.97 Å². The molecule has 0 spiro atoms. The second kappa shape index (κ2) is 6.74. The maximum atomic E-state index is 11.3. The molecule has 0 N–H and O–H groups in total. The lowest BCUT2D eigenvalue weighted by Crippen LogP contribution is -2.23. The average Bonchev–Trinajstić information content (AvgIpc) is 2.35. The first-order valence-electron chi connectivity index (χ1n) is 6.24. The summed E-state index contributed by atoms with van der Waals surface area (Å²) in [5, 5.41) is 9.19. The summed E-state index contributed by atoms with van der Waals surface area (Å²) in [6, 6.07) is 4.02. The molecule has 0 aliphatic heterocycles. The molecule has 0 bridgehead atoms. The van der Waals surface area contributed by atoms with Crippen LogP contribution >= 0.6 is 0 Å². The highest BCUT2D eigenvalue weighted by Gasteiger charge is 2.13. The van der Waals surface area contributed by atoms with Crippen molar-refractivity contribution in [1.29, 1.82) is 5.26 Å². The van der Waals surface area contributed by atoms with Crippen molar-refractivity contribution in [3.05, 3.63) is 23.0 Å². The number of pyridine rings is 1. The van der Waals surface area contributed by atoms with E-state index in [0.29, 0.717) is 30.8 Å². The maximum Gasteiger partial charge on any atom is 0.307 e. The highest BCUT2D eigenvalue weighted by Crippen LogP contribution is 2.22. The Morgan fingerprint density at radius 2 is 2.21 bits per heavy atom. The number of hydrogen-bond donors (Lipinski definition) is 0. The summed E-state index contributed by atoms with van der Waals surface area (Å²) in [6.45, 7) is 6.38. The van der Waals surface area contributed by atoms with Crippen molar-refractivity contribution in [2.75, 3.05) is 25.1 Å². The Kier molecular flexibility index (Phi) is 5.31. The van der Waals surface area contributed by atoms with E-state index < -0.39 is 0 Å². The van der Waals surface area contributed by atoms with Gasteiger partial charge < -0.3 is 9.64 Å². The van der Waals surface area contributed by atoms with Crippen LogP contribution in [-0.4, -0.2) is 31.2 Å². The Hall–Kier alpha value is -2.09. The van der Waals surface area contributed by atoms with E-state index in [1.807, 2.05) is 31.9 Å². The van der Waals surface area contributed by atoms with Gasteiger partial charge in [-0.2, -0.15) is 5.26 Å². The van der Waals surface area contributed by atoms with E-state index in [1.165, 1.54) is 0 Å². The Morgan fingerprint density at radius 3 is 2.79 bits per heavy atom. The van der Waals surface area contributed by atoms with E-state index in [0.717, 1.165) is 11.4 Å². The van der Waals surface area contributed by atoms with Crippen LogP contribution in [0.25, 0.3) is 0 Å². The zero-order chi connectivity index (χ0) is 14.4. The lowest BCUT2D eigenvalue weighted by atomic mass is 10.1. The maximum absolute atomic E-state index is 11.3. The van der Waals surface area contributed by atoms with Crippen LogP contribution in [0.4, 0.5) is 5.69 Å². The first-order chi connectivity index (χ1) is 8.99. The number of ether oxygens (including phenoxy) is 1. The van der Waals surface area contributed by atoms with Crippen molar-refractivity contribution < 1.29 is 9.53 Å². The van der Waals surface area contributed by atoms with E-state index in [-0.39, 0.29) is 5.97 Å². The fourth-order valence-electron chi connectivity index (χ4n) is 1.86. The van der Waals surface area contributed by atoms with Gasteiger partial charge in [0.05, 0.1) is 30.0 Å². The van der Waals surface area contributed by atoms with Crippen LogP contribution in [0.15, 0.2) is 6.07 Å². The molecule has 0 atom stereocenters. The molecule has 5 nitrogen and oxygen atoms in total. The molecule has 0 radical (unpaired) electrons. The second-order valence-electron chi connectivity index (χ2n) is 4.33. The fraction of sp³-hybridized carbons (Fsp3) is 0.500. The predicted octanol–water partition coefficient (Wildman–Crippen LogP) is 1.96. The molecular formula is C14H19N3O2. The van der Waals surface area contributed by atoms with Crippen LogP contribution in [0, 0.1) is 25.2 Å². The van der Waals surface area contributed by atoms with E-state index in [1.54, 1.807) is 6.92 Å². The van der Waals surface area contributed by atoms with Gasteiger partial charge in [0.25, 0.3) is 0 Å². The molecule has 5 heteroatoms. The minimum Gasteiger partial charge on any atom is -0.466 e. The Balaban J connectivity index is 2.85. The van der Waals surface area contributed by atoms with Crippen molar-refractivity contribution in [3.63, 3.8) is 0 Å². The average molecular weight is 261 g/mol. The number of carbonyl (C=O) groups excluding carboxylic acids is 1. The standard InChI is InChI=1S/C14H19N3O2/c1-5-19-14(18)6-7-17(4)13-8-10(2)16-11(3)12(13)9-15/h8H,5-7H2,1-4H3. The smallest absolute Gasteiger partial charge is 0.307 e. The Labute approximate surface area is 113 Å². The van der Waals surface area contributed by atoms with E-state index in [2.05, 4.69) is 11.1 Å². The van der Waals surface area contributed by atoms with Crippen molar-refractivity contribution in [1.82, 2.24) is 4.98 Å². The van der Waals surface area contributed by atoms with Gasteiger partial charge in [0, 0.05) is 19.3 Å². The summed E-state index contributed by atoms with van der Waals surface area (Å²) in [4.78, 5) is 17.5. The Bertz CT molecular complexity index is 506. The Morgan fingerprint density at radius 1 is 1.53 bits per heavy atom. The zero-order valence-corrected chi connectivity index (χ0v) is 11.9. The molecule has 0 unspecified atom stereocenters. The third-order valence-corrected chi connectivity index (χ3v) is 2.79. The van der Waals surface area contributed by atoms with Crippen molar-refractivity contribution in [3.8, 4) is 6.07 Å².